The van der Waals surface area contributed by atoms with Gasteiger partial charge in [-0.1, -0.05) is 11.6 Å². The number of halogens is 1. The standard InChI is InChI=1S/C11H15ClN2/c12-11-7-14-4-3-9(11)5-8-1-2-10(13)6-8/h3-4,7-8,10H,1-2,5-6,13H2. The molecule has 1 aromatic heterocycles. The minimum Gasteiger partial charge on any atom is -0.328 e. The van der Waals surface area contributed by atoms with Gasteiger partial charge in [-0.25, -0.2) is 0 Å². The highest BCUT2D eigenvalue weighted by Gasteiger charge is 2.22. The van der Waals surface area contributed by atoms with E-state index >= 15 is 0 Å². The second kappa shape index (κ2) is 4.28. The Morgan fingerprint density at radius 2 is 2.36 bits per heavy atom. The van der Waals surface area contributed by atoms with Crippen LogP contribution < -0.4 is 5.73 Å². The van der Waals surface area contributed by atoms with Crippen molar-refractivity contribution < 1.29 is 0 Å². The van der Waals surface area contributed by atoms with Crippen LogP contribution in [0.15, 0.2) is 18.5 Å². The SMILES string of the molecule is NC1CCC(Cc2ccncc2Cl)C1. The van der Waals surface area contributed by atoms with E-state index in [9.17, 15) is 0 Å². The normalized spacial score (nSPS) is 26.7. The molecule has 1 aliphatic rings. The lowest BCUT2D eigenvalue weighted by atomic mass is 9.98. The van der Waals surface area contributed by atoms with Gasteiger partial charge in [-0.3, -0.25) is 4.98 Å². The van der Waals surface area contributed by atoms with Crippen LogP contribution >= 0.6 is 11.6 Å². The van der Waals surface area contributed by atoms with Gasteiger partial charge in [0, 0.05) is 18.4 Å². The summed E-state index contributed by atoms with van der Waals surface area (Å²) in [6.45, 7) is 0. The summed E-state index contributed by atoms with van der Waals surface area (Å²) >= 11 is 6.05. The van der Waals surface area contributed by atoms with Crippen LogP contribution in [0, 0.1) is 5.92 Å². The maximum Gasteiger partial charge on any atom is 0.0621 e. The van der Waals surface area contributed by atoms with Crippen LogP contribution in [0.1, 0.15) is 24.8 Å². The molecule has 1 fully saturated rings. The molecule has 14 heavy (non-hydrogen) atoms. The molecule has 0 aliphatic heterocycles. The lowest BCUT2D eigenvalue weighted by Crippen LogP contribution is -2.15. The molecule has 2 N–H and O–H groups in total. The van der Waals surface area contributed by atoms with Crippen LogP contribution in [-0.4, -0.2) is 11.0 Å². The zero-order valence-corrected chi connectivity index (χ0v) is 8.87. The van der Waals surface area contributed by atoms with Crippen LogP contribution in [0.3, 0.4) is 0 Å². The van der Waals surface area contributed by atoms with Crippen molar-refractivity contribution in [3.8, 4) is 0 Å². The van der Waals surface area contributed by atoms with Gasteiger partial charge in [0.15, 0.2) is 0 Å². The molecular formula is C11H15ClN2. The van der Waals surface area contributed by atoms with E-state index in [2.05, 4.69) is 4.98 Å². The fraction of sp³-hybridized carbons (Fsp3) is 0.545. The molecule has 1 aromatic rings. The van der Waals surface area contributed by atoms with Gasteiger partial charge in [-0.05, 0) is 43.2 Å². The van der Waals surface area contributed by atoms with Gasteiger partial charge in [-0.15, -0.1) is 0 Å². The highest BCUT2D eigenvalue weighted by Crippen LogP contribution is 2.29. The highest BCUT2D eigenvalue weighted by molar-refractivity contribution is 6.31. The van der Waals surface area contributed by atoms with Crippen LogP contribution in [0.5, 0.6) is 0 Å². The van der Waals surface area contributed by atoms with E-state index in [0.29, 0.717) is 12.0 Å². The Morgan fingerprint density at radius 1 is 1.50 bits per heavy atom. The number of nitrogens with two attached hydrogens (primary N) is 1. The molecule has 0 aromatic carbocycles. The average molecular weight is 211 g/mol. The minimum absolute atomic E-state index is 0.403. The van der Waals surface area contributed by atoms with Gasteiger partial charge in [0.05, 0.1) is 5.02 Å². The molecule has 3 heteroatoms. The molecule has 0 bridgehead atoms. The minimum atomic E-state index is 0.403. The Bertz CT molecular complexity index is 314. The summed E-state index contributed by atoms with van der Waals surface area (Å²) in [4.78, 5) is 3.98. The summed E-state index contributed by atoms with van der Waals surface area (Å²) < 4.78 is 0. The zero-order valence-electron chi connectivity index (χ0n) is 8.12. The van der Waals surface area contributed by atoms with Crippen LogP contribution in [0.2, 0.25) is 5.02 Å². The van der Waals surface area contributed by atoms with Crippen molar-refractivity contribution in [2.24, 2.45) is 11.7 Å². The number of nitrogens with zero attached hydrogens (tertiary/aromatic N) is 1. The van der Waals surface area contributed by atoms with Crippen molar-refractivity contribution in [1.82, 2.24) is 4.98 Å². The van der Waals surface area contributed by atoms with Crippen LogP contribution in [0.4, 0.5) is 0 Å². The maximum atomic E-state index is 6.05. The lowest BCUT2D eigenvalue weighted by Gasteiger charge is -2.10. The lowest BCUT2D eigenvalue weighted by molar-refractivity contribution is 0.535. The first-order chi connectivity index (χ1) is 6.75. The second-order valence-electron chi connectivity index (χ2n) is 4.11. The van der Waals surface area contributed by atoms with Crippen LogP contribution in [0.25, 0.3) is 0 Å². The topological polar surface area (TPSA) is 38.9 Å². The van der Waals surface area contributed by atoms with Crippen molar-refractivity contribution in [3.63, 3.8) is 0 Å². The molecule has 2 atom stereocenters. The molecule has 2 nitrogen and oxygen atoms in total. The monoisotopic (exact) mass is 210 g/mol. The van der Waals surface area contributed by atoms with E-state index in [1.54, 1.807) is 12.4 Å². The molecule has 2 rings (SSSR count). The van der Waals surface area contributed by atoms with Crippen LogP contribution in [-0.2, 0) is 6.42 Å². The number of aromatic nitrogens is 1. The summed E-state index contributed by atoms with van der Waals surface area (Å²) in [5.74, 6) is 0.713. The predicted molar refractivity (Wildman–Crippen MR) is 58.3 cm³/mol. The van der Waals surface area contributed by atoms with Crippen molar-refractivity contribution in [3.05, 3.63) is 29.0 Å². The molecular weight excluding hydrogens is 196 g/mol. The zero-order chi connectivity index (χ0) is 9.97. The first-order valence-electron chi connectivity index (χ1n) is 5.09. The predicted octanol–water partition coefficient (Wildman–Crippen LogP) is 2.40. The van der Waals surface area contributed by atoms with E-state index in [-0.39, 0.29) is 0 Å². The molecule has 0 radical (unpaired) electrons. The largest absolute Gasteiger partial charge is 0.328 e. The quantitative estimate of drug-likeness (QED) is 0.814. The van der Waals surface area contributed by atoms with E-state index in [0.717, 1.165) is 24.3 Å². The molecule has 2 unspecified atom stereocenters. The van der Waals surface area contributed by atoms with Gasteiger partial charge < -0.3 is 5.73 Å². The third-order valence-corrected chi connectivity index (χ3v) is 3.29. The number of pyridine rings is 1. The first-order valence-corrected chi connectivity index (χ1v) is 5.47. The Labute approximate surface area is 89.5 Å². The van der Waals surface area contributed by atoms with E-state index in [1.807, 2.05) is 6.07 Å². The Balaban J connectivity index is 2.01. The first kappa shape index (κ1) is 9.94. The van der Waals surface area contributed by atoms with Gasteiger partial charge in [0.1, 0.15) is 0 Å². The van der Waals surface area contributed by atoms with Gasteiger partial charge >= 0.3 is 0 Å². The molecule has 76 valence electrons. The van der Waals surface area contributed by atoms with Crippen molar-refractivity contribution in [2.75, 3.05) is 0 Å². The second-order valence-corrected chi connectivity index (χ2v) is 4.52. The smallest absolute Gasteiger partial charge is 0.0621 e. The van der Waals surface area contributed by atoms with E-state index in [4.69, 9.17) is 17.3 Å². The molecule has 1 aliphatic carbocycles. The number of hydrogen-bond donors (Lipinski definition) is 1. The Morgan fingerprint density at radius 3 is 3.00 bits per heavy atom. The van der Waals surface area contributed by atoms with Crippen molar-refractivity contribution in [1.29, 1.82) is 0 Å². The Hall–Kier alpha value is -0.600. The van der Waals surface area contributed by atoms with E-state index < -0.39 is 0 Å². The molecule has 1 heterocycles. The maximum absolute atomic E-state index is 6.05. The molecule has 0 amide bonds. The highest BCUT2D eigenvalue weighted by atomic mass is 35.5. The summed E-state index contributed by atoms with van der Waals surface area (Å²) in [5.41, 5.74) is 7.08. The number of hydrogen-bond acceptors (Lipinski definition) is 2. The van der Waals surface area contributed by atoms with Gasteiger partial charge in [-0.2, -0.15) is 0 Å². The van der Waals surface area contributed by atoms with Gasteiger partial charge in [0.2, 0.25) is 0 Å². The van der Waals surface area contributed by atoms with Crippen molar-refractivity contribution in [2.45, 2.75) is 31.7 Å². The van der Waals surface area contributed by atoms with E-state index in [1.165, 1.54) is 12.0 Å². The summed E-state index contributed by atoms with van der Waals surface area (Å²) in [5, 5.41) is 0.785. The average Bonchev–Trinajstić information content (AvgIpc) is 2.56. The third kappa shape index (κ3) is 2.25. The molecule has 0 spiro atoms. The third-order valence-electron chi connectivity index (χ3n) is 2.95. The fourth-order valence-electron chi connectivity index (χ4n) is 2.18. The Kier molecular flexibility index (Phi) is 3.04. The fourth-order valence-corrected chi connectivity index (χ4v) is 2.38. The molecule has 1 saturated carbocycles. The van der Waals surface area contributed by atoms with Crippen molar-refractivity contribution >= 4 is 11.6 Å². The van der Waals surface area contributed by atoms with Gasteiger partial charge in [0.25, 0.3) is 0 Å². The summed E-state index contributed by atoms with van der Waals surface area (Å²) in [6.07, 6.45) is 8.10. The number of rotatable bonds is 2. The summed E-state index contributed by atoms with van der Waals surface area (Å²) in [7, 11) is 0. The molecule has 0 saturated heterocycles. The summed E-state index contributed by atoms with van der Waals surface area (Å²) in [6, 6.07) is 2.41.